The molecule has 0 radical (unpaired) electrons. The van der Waals surface area contributed by atoms with E-state index in [2.05, 4.69) is 20.7 Å². The Morgan fingerprint density at radius 2 is 2.00 bits per heavy atom. The molecule has 2 aromatic heterocycles. The first kappa shape index (κ1) is 22.8. The van der Waals surface area contributed by atoms with E-state index < -0.39 is 5.92 Å². The molecule has 1 aliphatic carbocycles. The summed E-state index contributed by atoms with van der Waals surface area (Å²) in [5.74, 6) is -0.955. The summed E-state index contributed by atoms with van der Waals surface area (Å²) in [7, 11) is 0. The lowest BCUT2D eigenvalue weighted by Crippen LogP contribution is -2.36. The van der Waals surface area contributed by atoms with Gasteiger partial charge in [0, 0.05) is 37.2 Å². The van der Waals surface area contributed by atoms with Gasteiger partial charge in [0.1, 0.15) is 0 Å². The number of carbonyl (C=O) groups is 3. The second kappa shape index (κ2) is 9.66. The van der Waals surface area contributed by atoms with Crippen LogP contribution in [-0.2, 0) is 17.8 Å². The standard InChI is InChI=1S/C24H27N5O3S/c1-14-6-4-7-17(10-14)23(32)27-24-26-19-12-18(13-20(30)21(19)33-24)22(31)25-8-5-9-29-16(3)11-15(2)28-29/h4,6-7,10-11,18H,5,8-9,12-13H2,1-3H3,(H,25,31)(H,26,27,32). The molecule has 4 rings (SSSR count). The minimum atomic E-state index is -0.443. The number of carbonyl (C=O) groups excluding carboxylic acids is 3. The molecule has 2 N–H and O–H groups in total. The van der Waals surface area contributed by atoms with Crippen molar-refractivity contribution in [2.75, 3.05) is 11.9 Å². The highest BCUT2D eigenvalue weighted by Gasteiger charge is 2.33. The van der Waals surface area contributed by atoms with Crippen molar-refractivity contribution in [2.24, 2.45) is 5.92 Å². The molecule has 0 saturated carbocycles. The topological polar surface area (TPSA) is 106 Å². The first-order chi connectivity index (χ1) is 15.8. The smallest absolute Gasteiger partial charge is 0.257 e. The van der Waals surface area contributed by atoms with Crippen LogP contribution in [0.4, 0.5) is 5.13 Å². The summed E-state index contributed by atoms with van der Waals surface area (Å²) in [5.41, 5.74) is 4.18. The second-order valence-corrected chi connectivity index (χ2v) is 9.44. The van der Waals surface area contributed by atoms with E-state index in [0.29, 0.717) is 34.2 Å². The number of hydrogen-bond acceptors (Lipinski definition) is 6. The molecular weight excluding hydrogens is 438 g/mol. The molecule has 1 aromatic carbocycles. The van der Waals surface area contributed by atoms with Crippen LogP contribution in [0.1, 0.15) is 55.5 Å². The zero-order chi connectivity index (χ0) is 23.5. The number of amides is 2. The van der Waals surface area contributed by atoms with Crippen LogP contribution < -0.4 is 10.6 Å². The number of nitrogens with zero attached hydrogens (tertiary/aromatic N) is 3. The first-order valence-corrected chi connectivity index (χ1v) is 11.8. The summed E-state index contributed by atoms with van der Waals surface area (Å²) in [4.78, 5) is 42.8. The van der Waals surface area contributed by atoms with E-state index in [9.17, 15) is 14.4 Å². The van der Waals surface area contributed by atoms with Crippen LogP contribution in [-0.4, -0.2) is 38.9 Å². The number of nitrogens with one attached hydrogen (secondary N) is 2. The van der Waals surface area contributed by atoms with Crippen molar-refractivity contribution >= 4 is 34.1 Å². The Morgan fingerprint density at radius 1 is 1.18 bits per heavy atom. The zero-order valence-corrected chi connectivity index (χ0v) is 19.8. The Labute approximate surface area is 196 Å². The minimum absolute atomic E-state index is 0.104. The van der Waals surface area contributed by atoms with Gasteiger partial charge >= 0.3 is 0 Å². The van der Waals surface area contributed by atoms with Gasteiger partial charge in [-0.3, -0.25) is 24.4 Å². The number of ketones is 1. The van der Waals surface area contributed by atoms with Crippen molar-refractivity contribution in [3.05, 3.63) is 63.4 Å². The molecule has 33 heavy (non-hydrogen) atoms. The van der Waals surface area contributed by atoms with Crippen molar-refractivity contribution < 1.29 is 14.4 Å². The molecule has 3 aromatic rings. The minimum Gasteiger partial charge on any atom is -0.356 e. The highest BCUT2D eigenvalue weighted by Crippen LogP contribution is 2.32. The molecule has 0 fully saturated rings. The third-order valence-electron chi connectivity index (χ3n) is 5.64. The molecule has 0 saturated heterocycles. The highest BCUT2D eigenvalue weighted by atomic mass is 32.1. The van der Waals surface area contributed by atoms with Gasteiger partial charge < -0.3 is 5.32 Å². The number of aryl methyl sites for hydroxylation is 4. The molecule has 0 bridgehead atoms. The highest BCUT2D eigenvalue weighted by molar-refractivity contribution is 7.17. The lowest BCUT2D eigenvalue weighted by Gasteiger charge is -2.19. The largest absolute Gasteiger partial charge is 0.356 e. The second-order valence-electron chi connectivity index (χ2n) is 8.44. The summed E-state index contributed by atoms with van der Waals surface area (Å²) in [5, 5.41) is 10.5. The molecule has 8 nitrogen and oxygen atoms in total. The summed E-state index contributed by atoms with van der Waals surface area (Å²) in [6.45, 7) is 7.13. The molecule has 0 spiro atoms. The molecule has 1 aliphatic rings. The fraction of sp³-hybridized carbons (Fsp3) is 0.375. The van der Waals surface area contributed by atoms with Gasteiger partial charge in [0.15, 0.2) is 10.9 Å². The van der Waals surface area contributed by atoms with Crippen molar-refractivity contribution in [1.29, 1.82) is 0 Å². The van der Waals surface area contributed by atoms with E-state index in [1.165, 1.54) is 11.3 Å². The molecule has 1 unspecified atom stereocenters. The van der Waals surface area contributed by atoms with Gasteiger partial charge in [-0.15, -0.1) is 0 Å². The molecule has 172 valence electrons. The maximum atomic E-state index is 12.7. The fourth-order valence-electron chi connectivity index (χ4n) is 4.01. The van der Waals surface area contributed by atoms with Crippen molar-refractivity contribution in [3.8, 4) is 0 Å². The van der Waals surface area contributed by atoms with Crippen LogP contribution in [0.2, 0.25) is 0 Å². The van der Waals surface area contributed by atoms with Crippen LogP contribution >= 0.6 is 11.3 Å². The normalized spacial score (nSPS) is 15.2. The maximum absolute atomic E-state index is 12.7. The van der Waals surface area contributed by atoms with E-state index in [-0.39, 0.29) is 24.0 Å². The Bertz CT molecular complexity index is 1210. The van der Waals surface area contributed by atoms with Crippen LogP contribution in [0, 0.1) is 26.7 Å². The molecule has 2 amide bonds. The number of anilines is 1. The lowest BCUT2D eigenvalue weighted by atomic mass is 9.89. The van der Waals surface area contributed by atoms with Crippen LogP contribution in [0.3, 0.4) is 0 Å². The number of Topliss-reactive ketones (excluding diaryl/α,β-unsaturated/α-hetero) is 1. The van der Waals surface area contributed by atoms with Crippen molar-refractivity contribution in [2.45, 2.75) is 46.6 Å². The SMILES string of the molecule is Cc1cccc(C(=O)Nc2nc3c(s2)C(=O)CC(C(=O)NCCCn2nc(C)cc2C)C3)c1. The number of thiazole rings is 1. The Hall–Kier alpha value is -3.33. The van der Waals surface area contributed by atoms with Gasteiger partial charge in [-0.25, -0.2) is 4.98 Å². The molecule has 9 heteroatoms. The lowest BCUT2D eigenvalue weighted by molar-refractivity contribution is -0.125. The number of fused-ring (bicyclic) bond motifs is 1. The third-order valence-corrected chi connectivity index (χ3v) is 6.70. The van der Waals surface area contributed by atoms with Gasteiger partial charge in [-0.05, 0) is 45.4 Å². The van der Waals surface area contributed by atoms with E-state index in [1.807, 2.05) is 43.7 Å². The fourth-order valence-corrected chi connectivity index (χ4v) is 4.95. The van der Waals surface area contributed by atoms with E-state index in [0.717, 1.165) is 29.9 Å². The third kappa shape index (κ3) is 5.36. The molecule has 2 heterocycles. The summed E-state index contributed by atoms with van der Waals surface area (Å²) in [6, 6.07) is 9.29. The average Bonchev–Trinajstić information content (AvgIpc) is 3.32. The molecular formula is C24H27N5O3S. The number of benzene rings is 1. The van der Waals surface area contributed by atoms with Crippen LogP contribution in [0.15, 0.2) is 30.3 Å². The number of hydrogen-bond donors (Lipinski definition) is 2. The monoisotopic (exact) mass is 465 g/mol. The van der Waals surface area contributed by atoms with Gasteiger partial charge in [0.2, 0.25) is 5.91 Å². The summed E-state index contributed by atoms with van der Waals surface area (Å²) < 4.78 is 1.93. The molecule has 0 aliphatic heterocycles. The van der Waals surface area contributed by atoms with E-state index >= 15 is 0 Å². The summed E-state index contributed by atoms with van der Waals surface area (Å²) >= 11 is 1.17. The predicted molar refractivity (Wildman–Crippen MR) is 127 cm³/mol. The van der Waals surface area contributed by atoms with Gasteiger partial charge in [-0.1, -0.05) is 29.0 Å². The van der Waals surface area contributed by atoms with Gasteiger partial charge in [-0.2, -0.15) is 5.10 Å². The van der Waals surface area contributed by atoms with Crippen LogP contribution in [0.5, 0.6) is 0 Å². The number of aromatic nitrogens is 3. The Balaban J connectivity index is 1.32. The molecule has 1 atom stereocenters. The van der Waals surface area contributed by atoms with Crippen molar-refractivity contribution in [3.63, 3.8) is 0 Å². The van der Waals surface area contributed by atoms with Gasteiger partial charge in [0.05, 0.1) is 22.2 Å². The summed E-state index contributed by atoms with van der Waals surface area (Å²) in [6.07, 6.45) is 1.30. The predicted octanol–water partition coefficient (Wildman–Crippen LogP) is 3.47. The number of rotatable bonds is 7. The quantitative estimate of drug-likeness (QED) is 0.520. The van der Waals surface area contributed by atoms with E-state index in [1.54, 1.807) is 12.1 Å². The van der Waals surface area contributed by atoms with Crippen LogP contribution in [0.25, 0.3) is 0 Å². The average molecular weight is 466 g/mol. The first-order valence-electron chi connectivity index (χ1n) is 11.0. The van der Waals surface area contributed by atoms with Crippen molar-refractivity contribution in [1.82, 2.24) is 20.1 Å². The maximum Gasteiger partial charge on any atom is 0.257 e. The van der Waals surface area contributed by atoms with E-state index in [4.69, 9.17) is 0 Å². The Morgan fingerprint density at radius 3 is 2.73 bits per heavy atom. The van der Waals surface area contributed by atoms with Gasteiger partial charge in [0.25, 0.3) is 5.91 Å². The zero-order valence-electron chi connectivity index (χ0n) is 19.0. The Kier molecular flexibility index (Phi) is 6.69.